The van der Waals surface area contributed by atoms with Gasteiger partial charge in [0.15, 0.2) is 0 Å². The zero-order valence-corrected chi connectivity index (χ0v) is 15.6. The Morgan fingerprint density at radius 3 is 2.31 bits per heavy atom. The molecule has 2 fully saturated rings. The summed E-state index contributed by atoms with van der Waals surface area (Å²) in [5.41, 5.74) is 3.24. The monoisotopic (exact) mass is 340 g/mol. The molecule has 0 N–H and O–H groups in total. The number of benzene rings is 2. The molecule has 0 heteroatoms. The van der Waals surface area contributed by atoms with Crippen LogP contribution in [0.15, 0.2) is 78.4 Å². The molecule has 0 nitrogen and oxygen atoms in total. The van der Waals surface area contributed by atoms with Gasteiger partial charge in [0.25, 0.3) is 0 Å². The van der Waals surface area contributed by atoms with Crippen LogP contribution in [0.4, 0.5) is 0 Å². The standard InChI is InChI=1S/C17H16.C9H12/c1-2-6-15-13(4-1)5-3-7-16(15)17-11-12-8-9-14(17)10-12;1-2-8-5-7-3-4-9(8)6-7/h1-9,12,14,17H,10-11H2;2-4,7,9H,5-6H2,1H3. The van der Waals surface area contributed by atoms with Crippen molar-refractivity contribution in [3.8, 4) is 0 Å². The second-order valence-electron chi connectivity index (χ2n) is 8.51. The summed E-state index contributed by atoms with van der Waals surface area (Å²) >= 11 is 0. The van der Waals surface area contributed by atoms with Crippen LogP contribution in [0.3, 0.4) is 0 Å². The summed E-state index contributed by atoms with van der Waals surface area (Å²) in [4.78, 5) is 0. The highest BCUT2D eigenvalue weighted by Crippen LogP contribution is 2.50. The van der Waals surface area contributed by atoms with Crippen molar-refractivity contribution in [1.29, 1.82) is 0 Å². The highest BCUT2D eigenvalue weighted by Gasteiger charge is 2.36. The predicted octanol–water partition coefficient (Wildman–Crippen LogP) is 7.05. The molecule has 2 aromatic carbocycles. The maximum absolute atomic E-state index is 2.45. The van der Waals surface area contributed by atoms with E-state index in [1.54, 1.807) is 11.1 Å². The normalized spacial score (nSPS) is 34.7. The first-order valence-corrected chi connectivity index (χ1v) is 10.3. The Kier molecular flexibility index (Phi) is 4.08. The molecule has 6 rings (SSSR count). The number of rotatable bonds is 1. The third-order valence-corrected chi connectivity index (χ3v) is 7.02. The first kappa shape index (κ1) is 16.1. The molecule has 2 aromatic rings. The van der Waals surface area contributed by atoms with E-state index in [1.165, 1.54) is 36.5 Å². The number of hydrogen-bond acceptors (Lipinski definition) is 0. The molecule has 5 unspecified atom stereocenters. The Morgan fingerprint density at radius 1 is 0.808 bits per heavy atom. The van der Waals surface area contributed by atoms with E-state index in [4.69, 9.17) is 0 Å². The van der Waals surface area contributed by atoms with Crippen molar-refractivity contribution in [3.63, 3.8) is 0 Å². The van der Waals surface area contributed by atoms with Crippen LogP contribution in [-0.2, 0) is 0 Å². The maximum atomic E-state index is 2.45. The lowest BCUT2D eigenvalue weighted by Gasteiger charge is -2.20. The van der Waals surface area contributed by atoms with E-state index in [0.717, 1.165) is 29.6 Å². The molecule has 4 aliphatic carbocycles. The lowest BCUT2D eigenvalue weighted by Crippen LogP contribution is -2.05. The minimum Gasteiger partial charge on any atom is -0.0878 e. The largest absolute Gasteiger partial charge is 0.0878 e. The van der Waals surface area contributed by atoms with Gasteiger partial charge >= 0.3 is 0 Å². The lowest BCUT2D eigenvalue weighted by molar-refractivity contribution is 0.589. The molecule has 5 atom stereocenters. The zero-order valence-electron chi connectivity index (χ0n) is 15.6. The van der Waals surface area contributed by atoms with Crippen LogP contribution < -0.4 is 0 Å². The Bertz CT molecular complexity index is 892. The summed E-state index contributed by atoms with van der Waals surface area (Å²) in [6, 6.07) is 15.6. The van der Waals surface area contributed by atoms with Crippen molar-refractivity contribution in [1.82, 2.24) is 0 Å². The average Bonchev–Trinajstić information content (AvgIpc) is 3.49. The van der Waals surface area contributed by atoms with Gasteiger partial charge in [0, 0.05) is 0 Å². The molecule has 0 saturated heterocycles. The third kappa shape index (κ3) is 2.76. The second-order valence-corrected chi connectivity index (χ2v) is 8.51. The van der Waals surface area contributed by atoms with Crippen LogP contribution in [0.1, 0.15) is 44.1 Å². The van der Waals surface area contributed by atoms with E-state index < -0.39 is 0 Å². The molecule has 2 saturated carbocycles. The van der Waals surface area contributed by atoms with Gasteiger partial charge in [-0.25, -0.2) is 0 Å². The summed E-state index contributed by atoms with van der Waals surface area (Å²) < 4.78 is 0. The number of allylic oxidation sites excluding steroid dienone is 6. The quantitative estimate of drug-likeness (QED) is 0.488. The van der Waals surface area contributed by atoms with E-state index in [1.807, 2.05) is 0 Å². The van der Waals surface area contributed by atoms with E-state index >= 15 is 0 Å². The maximum Gasteiger partial charge on any atom is -0.00174 e. The van der Waals surface area contributed by atoms with E-state index in [-0.39, 0.29) is 0 Å². The predicted molar refractivity (Wildman–Crippen MR) is 111 cm³/mol. The SMILES string of the molecule is C1=CC2CC1CC2c1cccc2ccccc12.CC=C1CC2C=CC1C2. The molecule has 0 aromatic heterocycles. The minimum atomic E-state index is 0.760. The van der Waals surface area contributed by atoms with Crippen molar-refractivity contribution >= 4 is 10.8 Å². The van der Waals surface area contributed by atoms with Crippen molar-refractivity contribution < 1.29 is 0 Å². The van der Waals surface area contributed by atoms with Crippen LogP contribution in [0.25, 0.3) is 10.8 Å². The Morgan fingerprint density at radius 2 is 1.65 bits per heavy atom. The van der Waals surface area contributed by atoms with Crippen LogP contribution in [-0.4, -0.2) is 0 Å². The zero-order chi connectivity index (χ0) is 17.5. The number of fused-ring (bicyclic) bond motifs is 5. The smallest absolute Gasteiger partial charge is 0.00174 e. The summed E-state index contributed by atoms with van der Waals surface area (Å²) in [6.07, 6.45) is 17.4. The molecular weight excluding hydrogens is 312 g/mol. The van der Waals surface area contributed by atoms with Gasteiger partial charge in [-0.1, -0.05) is 78.4 Å². The molecule has 0 amide bonds. The Labute approximate surface area is 157 Å². The fraction of sp³-hybridized carbons (Fsp3) is 0.385. The van der Waals surface area contributed by atoms with Gasteiger partial charge < -0.3 is 0 Å². The molecule has 132 valence electrons. The van der Waals surface area contributed by atoms with Gasteiger partial charge in [0.2, 0.25) is 0 Å². The van der Waals surface area contributed by atoms with Crippen molar-refractivity contribution in [2.75, 3.05) is 0 Å². The van der Waals surface area contributed by atoms with Gasteiger partial charge in [-0.2, -0.15) is 0 Å². The van der Waals surface area contributed by atoms with Crippen LogP contribution in [0.2, 0.25) is 0 Å². The van der Waals surface area contributed by atoms with Gasteiger partial charge in [-0.15, -0.1) is 0 Å². The second kappa shape index (κ2) is 6.58. The highest BCUT2D eigenvalue weighted by molar-refractivity contribution is 5.86. The van der Waals surface area contributed by atoms with Crippen molar-refractivity contribution in [2.45, 2.75) is 38.5 Å². The fourth-order valence-electron chi connectivity index (χ4n) is 5.70. The summed E-state index contributed by atoms with van der Waals surface area (Å²) in [5.74, 6) is 4.15. The first-order valence-electron chi connectivity index (χ1n) is 10.3. The summed E-state index contributed by atoms with van der Waals surface area (Å²) in [5, 5.41) is 2.85. The van der Waals surface area contributed by atoms with Crippen molar-refractivity contribution in [2.24, 2.45) is 23.7 Å². The van der Waals surface area contributed by atoms with E-state index in [0.29, 0.717) is 0 Å². The van der Waals surface area contributed by atoms with Gasteiger partial charge in [0.1, 0.15) is 0 Å². The molecular formula is C26H28. The molecule has 26 heavy (non-hydrogen) atoms. The third-order valence-electron chi connectivity index (χ3n) is 7.02. The highest BCUT2D eigenvalue weighted by atomic mass is 14.4. The molecule has 0 heterocycles. The van der Waals surface area contributed by atoms with Gasteiger partial charge in [-0.05, 0) is 78.5 Å². The molecule has 4 aliphatic rings. The van der Waals surface area contributed by atoms with Gasteiger partial charge in [0.05, 0.1) is 0 Å². The Hall–Kier alpha value is -2.08. The van der Waals surface area contributed by atoms with Crippen LogP contribution in [0.5, 0.6) is 0 Å². The van der Waals surface area contributed by atoms with Crippen LogP contribution >= 0.6 is 0 Å². The van der Waals surface area contributed by atoms with E-state index in [2.05, 4.69) is 79.8 Å². The molecule has 0 radical (unpaired) electrons. The van der Waals surface area contributed by atoms with Crippen molar-refractivity contribution in [3.05, 3.63) is 84.0 Å². The van der Waals surface area contributed by atoms with Crippen LogP contribution in [0, 0.1) is 23.7 Å². The summed E-state index contributed by atoms with van der Waals surface area (Å²) in [6.45, 7) is 2.16. The van der Waals surface area contributed by atoms with Gasteiger partial charge in [-0.3, -0.25) is 0 Å². The first-order chi connectivity index (χ1) is 12.8. The molecule has 0 spiro atoms. The fourth-order valence-corrected chi connectivity index (χ4v) is 5.70. The lowest BCUT2D eigenvalue weighted by atomic mass is 9.84. The minimum absolute atomic E-state index is 0.760. The van der Waals surface area contributed by atoms with E-state index in [9.17, 15) is 0 Å². The number of hydrogen-bond donors (Lipinski definition) is 0. The molecule has 4 bridgehead atoms. The topological polar surface area (TPSA) is 0 Å². The molecule has 0 aliphatic heterocycles. The average molecular weight is 341 g/mol. The summed E-state index contributed by atoms with van der Waals surface area (Å²) in [7, 11) is 0. The Balaban J connectivity index is 0.000000141.